The number of hydrogen-bond acceptors (Lipinski definition) is 3. The molecule has 1 heterocycles. The van der Waals surface area contributed by atoms with Crippen molar-refractivity contribution in [3.05, 3.63) is 47.8 Å². The van der Waals surface area contributed by atoms with E-state index in [0.29, 0.717) is 12.4 Å². The third-order valence-corrected chi connectivity index (χ3v) is 5.09. The van der Waals surface area contributed by atoms with Crippen LogP contribution in [-0.4, -0.2) is 27.3 Å². The molecule has 0 bridgehead atoms. The van der Waals surface area contributed by atoms with Crippen molar-refractivity contribution in [3.63, 3.8) is 0 Å². The molecule has 0 radical (unpaired) electrons. The van der Waals surface area contributed by atoms with Crippen LogP contribution in [0, 0.1) is 5.82 Å². The predicted octanol–water partition coefficient (Wildman–Crippen LogP) is 2.83. The molecule has 1 atom stereocenters. The number of benzene rings is 1. The quantitative estimate of drug-likeness (QED) is 0.875. The van der Waals surface area contributed by atoms with Crippen LogP contribution >= 0.6 is 0 Å². The van der Waals surface area contributed by atoms with Crippen LogP contribution in [0.25, 0.3) is 0 Å². The lowest BCUT2D eigenvalue weighted by Gasteiger charge is -2.30. The minimum Gasteiger partial charge on any atom is -0.337 e. The average Bonchev–Trinajstić information content (AvgIpc) is 3.23. The van der Waals surface area contributed by atoms with Gasteiger partial charge in [-0.3, -0.25) is 0 Å². The molecule has 0 aliphatic heterocycles. The Balaban J connectivity index is 1.63. The Bertz CT molecular complexity index is 721. The number of hydrogen-bond donors (Lipinski definition) is 2. The first-order valence-electron chi connectivity index (χ1n) is 8.64. The molecule has 3 rings (SSSR count). The van der Waals surface area contributed by atoms with Crippen molar-refractivity contribution < 1.29 is 9.18 Å². The molecule has 1 fully saturated rings. The largest absolute Gasteiger partial charge is 0.337 e. The predicted molar refractivity (Wildman–Crippen MR) is 92.5 cm³/mol. The van der Waals surface area contributed by atoms with Crippen LogP contribution in [0.2, 0.25) is 0 Å². The molecule has 1 aromatic carbocycles. The lowest BCUT2D eigenvalue weighted by atomic mass is 9.79. The Morgan fingerprint density at radius 2 is 2.00 bits per heavy atom. The van der Waals surface area contributed by atoms with E-state index in [0.717, 1.165) is 31.2 Å². The van der Waals surface area contributed by atoms with Crippen LogP contribution in [0.3, 0.4) is 0 Å². The fourth-order valence-electron chi connectivity index (χ4n) is 3.67. The first kappa shape index (κ1) is 17.4. The van der Waals surface area contributed by atoms with Gasteiger partial charge in [0, 0.05) is 19.0 Å². The minimum absolute atomic E-state index is 0.112. The Kier molecular flexibility index (Phi) is 5.01. The number of urea groups is 1. The average molecular weight is 345 g/mol. The third-order valence-electron chi connectivity index (χ3n) is 5.09. The molecule has 1 aliphatic rings. The highest BCUT2D eigenvalue weighted by molar-refractivity contribution is 5.74. The molecule has 1 aliphatic carbocycles. The Labute approximate surface area is 146 Å². The minimum atomic E-state index is -0.238. The number of nitrogens with one attached hydrogen (secondary N) is 2. The molecule has 2 aromatic rings. The summed E-state index contributed by atoms with van der Waals surface area (Å²) >= 11 is 0. The summed E-state index contributed by atoms with van der Waals surface area (Å²) in [6.07, 6.45) is 5.84. The van der Waals surface area contributed by atoms with Gasteiger partial charge in [-0.15, -0.1) is 10.2 Å². The summed E-state index contributed by atoms with van der Waals surface area (Å²) < 4.78 is 15.0. The molecule has 1 saturated carbocycles. The van der Waals surface area contributed by atoms with E-state index in [-0.39, 0.29) is 23.3 Å². The van der Waals surface area contributed by atoms with Crippen molar-refractivity contribution in [2.24, 2.45) is 7.05 Å². The number of amides is 2. The summed E-state index contributed by atoms with van der Waals surface area (Å²) in [5.74, 6) is 0.462. The Morgan fingerprint density at radius 1 is 1.32 bits per heavy atom. The van der Waals surface area contributed by atoms with E-state index >= 15 is 0 Å². The van der Waals surface area contributed by atoms with Gasteiger partial charge in [0.2, 0.25) is 0 Å². The molecular formula is C18H24FN5O. The first-order valence-corrected chi connectivity index (χ1v) is 8.64. The van der Waals surface area contributed by atoms with Crippen LogP contribution in [-0.2, 0) is 12.5 Å². The Hall–Kier alpha value is -2.44. The van der Waals surface area contributed by atoms with Crippen LogP contribution in [0.1, 0.15) is 50.0 Å². The molecule has 2 amide bonds. The van der Waals surface area contributed by atoms with Crippen LogP contribution in [0.15, 0.2) is 30.6 Å². The highest BCUT2D eigenvalue weighted by Crippen LogP contribution is 2.40. The fraction of sp³-hybridized carbons (Fsp3) is 0.500. The lowest BCUT2D eigenvalue weighted by molar-refractivity contribution is 0.233. The highest BCUT2D eigenvalue weighted by Gasteiger charge is 2.36. The second-order valence-electron chi connectivity index (χ2n) is 6.84. The number of rotatable bonds is 5. The monoisotopic (exact) mass is 345 g/mol. The van der Waals surface area contributed by atoms with Gasteiger partial charge in [-0.25, -0.2) is 9.18 Å². The molecule has 0 saturated heterocycles. The second kappa shape index (κ2) is 7.21. The van der Waals surface area contributed by atoms with Gasteiger partial charge >= 0.3 is 6.03 Å². The third kappa shape index (κ3) is 3.81. The maximum absolute atomic E-state index is 13.2. The van der Waals surface area contributed by atoms with E-state index in [1.165, 1.54) is 12.1 Å². The van der Waals surface area contributed by atoms with Crippen LogP contribution in [0.5, 0.6) is 0 Å². The van der Waals surface area contributed by atoms with E-state index in [1.807, 2.05) is 26.1 Å². The SMILES string of the molecule is C[C@H](NC(=O)NCC1(c2ccc(F)cc2)CCCC1)c1nncn1C. The highest BCUT2D eigenvalue weighted by atomic mass is 19.1. The zero-order valence-corrected chi connectivity index (χ0v) is 14.6. The fourth-order valence-corrected chi connectivity index (χ4v) is 3.67. The first-order chi connectivity index (χ1) is 12.0. The maximum atomic E-state index is 13.2. The van der Waals surface area contributed by atoms with E-state index < -0.39 is 0 Å². The summed E-state index contributed by atoms with van der Waals surface area (Å²) in [6.45, 7) is 2.41. The number of carbonyl (C=O) groups is 1. The van der Waals surface area contributed by atoms with E-state index in [2.05, 4.69) is 20.8 Å². The number of aromatic nitrogens is 3. The van der Waals surface area contributed by atoms with Gasteiger partial charge in [-0.1, -0.05) is 25.0 Å². The molecular weight excluding hydrogens is 321 g/mol. The van der Waals surface area contributed by atoms with E-state index in [9.17, 15) is 9.18 Å². The van der Waals surface area contributed by atoms with E-state index in [4.69, 9.17) is 0 Å². The van der Waals surface area contributed by atoms with Crippen molar-refractivity contribution in [1.82, 2.24) is 25.4 Å². The molecule has 7 heteroatoms. The van der Waals surface area contributed by atoms with Gasteiger partial charge in [0.15, 0.2) is 5.82 Å². The molecule has 1 aromatic heterocycles. The molecule has 25 heavy (non-hydrogen) atoms. The molecule has 0 spiro atoms. The zero-order chi connectivity index (χ0) is 17.9. The normalized spacial score (nSPS) is 17.2. The Morgan fingerprint density at radius 3 is 2.60 bits per heavy atom. The number of carbonyl (C=O) groups excluding carboxylic acids is 1. The van der Waals surface area contributed by atoms with Crippen molar-refractivity contribution >= 4 is 6.03 Å². The van der Waals surface area contributed by atoms with E-state index in [1.54, 1.807) is 10.9 Å². The van der Waals surface area contributed by atoms with Gasteiger partial charge < -0.3 is 15.2 Å². The number of halogens is 1. The van der Waals surface area contributed by atoms with Gasteiger partial charge in [0.05, 0.1) is 6.04 Å². The summed E-state index contributed by atoms with van der Waals surface area (Å²) in [4.78, 5) is 12.3. The van der Waals surface area contributed by atoms with Crippen molar-refractivity contribution in [3.8, 4) is 0 Å². The van der Waals surface area contributed by atoms with Gasteiger partial charge in [-0.05, 0) is 37.5 Å². The summed E-state index contributed by atoms with van der Waals surface area (Å²) in [7, 11) is 1.84. The summed E-state index contributed by atoms with van der Waals surface area (Å²) in [6, 6.07) is 6.18. The topological polar surface area (TPSA) is 71.8 Å². The van der Waals surface area contributed by atoms with Crippen molar-refractivity contribution in [1.29, 1.82) is 0 Å². The molecule has 6 nitrogen and oxygen atoms in total. The van der Waals surface area contributed by atoms with Crippen molar-refractivity contribution in [2.75, 3.05) is 6.54 Å². The molecule has 2 N–H and O–H groups in total. The van der Waals surface area contributed by atoms with Gasteiger partial charge in [-0.2, -0.15) is 0 Å². The zero-order valence-electron chi connectivity index (χ0n) is 14.6. The van der Waals surface area contributed by atoms with Gasteiger partial charge in [0.25, 0.3) is 0 Å². The van der Waals surface area contributed by atoms with Crippen LogP contribution < -0.4 is 10.6 Å². The number of aryl methyl sites for hydroxylation is 1. The molecule has 0 unspecified atom stereocenters. The smallest absolute Gasteiger partial charge is 0.315 e. The standard InChI is InChI=1S/C18H24FN5O/c1-13(16-23-21-12-24(16)2)22-17(25)20-11-18(9-3-4-10-18)14-5-7-15(19)8-6-14/h5-8,12-13H,3-4,9-11H2,1-2H3,(H2,20,22,25)/t13-/m0/s1. The molecule has 134 valence electrons. The lowest BCUT2D eigenvalue weighted by Crippen LogP contribution is -2.44. The number of nitrogens with zero attached hydrogens (tertiary/aromatic N) is 3. The summed E-state index contributed by atoms with van der Waals surface area (Å²) in [5.41, 5.74) is 0.979. The van der Waals surface area contributed by atoms with Crippen molar-refractivity contribution in [2.45, 2.75) is 44.1 Å². The summed E-state index contributed by atoms with van der Waals surface area (Å²) in [5, 5.41) is 13.7. The second-order valence-corrected chi connectivity index (χ2v) is 6.84. The van der Waals surface area contributed by atoms with Gasteiger partial charge in [0.1, 0.15) is 12.1 Å². The maximum Gasteiger partial charge on any atom is 0.315 e. The van der Waals surface area contributed by atoms with Crippen LogP contribution in [0.4, 0.5) is 9.18 Å².